The zero-order valence-electron chi connectivity index (χ0n) is 11.0. The van der Waals surface area contributed by atoms with Gasteiger partial charge in [0.05, 0.1) is 0 Å². The second kappa shape index (κ2) is 4.13. The van der Waals surface area contributed by atoms with Crippen LogP contribution < -0.4 is 5.32 Å². The lowest BCUT2D eigenvalue weighted by atomic mass is 9.98. The minimum atomic E-state index is 0.315. The van der Waals surface area contributed by atoms with Crippen molar-refractivity contribution in [3.8, 4) is 0 Å². The van der Waals surface area contributed by atoms with E-state index in [0.29, 0.717) is 5.54 Å². The van der Waals surface area contributed by atoms with Gasteiger partial charge in [0.1, 0.15) is 0 Å². The molecule has 0 bridgehead atoms. The van der Waals surface area contributed by atoms with Gasteiger partial charge >= 0.3 is 0 Å². The molecule has 1 aromatic carbocycles. The number of rotatable bonds is 5. The molecule has 0 heterocycles. The van der Waals surface area contributed by atoms with E-state index in [9.17, 15) is 0 Å². The Balaban J connectivity index is 1.57. The van der Waals surface area contributed by atoms with E-state index in [1.54, 1.807) is 0 Å². The second-order valence-electron chi connectivity index (χ2n) is 6.37. The quantitative estimate of drug-likeness (QED) is 0.809. The van der Waals surface area contributed by atoms with Crippen molar-refractivity contribution in [2.45, 2.75) is 57.5 Å². The molecule has 1 heteroatoms. The smallest absolute Gasteiger partial charge is 0.0210 e. The lowest BCUT2D eigenvalue weighted by molar-refractivity contribution is 0.339. The number of hydrogen-bond acceptors (Lipinski definition) is 1. The van der Waals surface area contributed by atoms with E-state index < -0.39 is 0 Å². The Morgan fingerprint density at radius 3 is 2.24 bits per heavy atom. The molecule has 2 aliphatic rings. The van der Waals surface area contributed by atoms with Crippen molar-refractivity contribution in [2.75, 3.05) is 0 Å². The highest BCUT2D eigenvalue weighted by Crippen LogP contribution is 2.40. The van der Waals surface area contributed by atoms with Gasteiger partial charge < -0.3 is 5.32 Å². The molecular weight excluding hydrogens is 206 g/mol. The Hall–Kier alpha value is -0.820. The van der Waals surface area contributed by atoms with Gasteiger partial charge in [-0.25, -0.2) is 0 Å². The number of hydrogen-bond donors (Lipinski definition) is 1. The summed E-state index contributed by atoms with van der Waals surface area (Å²) in [7, 11) is 0. The van der Waals surface area contributed by atoms with Gasteiger partial charge in [-0.1, -0.05) is 24.3 Å². The highest BCUT2D eigenvalue weighted by Gasteiger charge is 2.37. The molecule has 0 aliphatic heterocycles. The van der Waals surface area contributed by atoms with Crippen LogP contribution in [0.3, 0.4) is 0 Å². The highest BCUT2D eigenvalue weighted by molar-refractivity contribution is 5.28. The van der Waals surface area contributed by atoms with Gasteiger partial charge in [-0.2, -0.15) is 0 Å². The Morgan fingerprint density at radius 2 is 1.71 bits per heavy atom. The van der Waals surface area contributed by atoms with E-state index in [2.05, 4.69) is 43.4 Å². The Kier molecular flexibility index (Phi) is 2.74. The SMILES string of the molecule is CC(C)(NCc1ccc(C2CC2)cc1)C1CC1. The minimum Gasteiger partial charge on any atom is -0.307 e. The van der Waals surface area contributed by atoms with Gasteiger partial charge in [-0.15, -0.1) is 0 Å². The molecule has 0 unspecified atom stereocenters. The first-order chi connectivity index (χ1) is 8.15. The van der Waals surface area contributed by atoms with Crippen molar-refractivity contribution in [1.82, 2.24) is 5.32 Å². The molecule has 0 atom stereocenters. The molecule has 2 fully saturated rings. The van der Waals surface area contributed by atoms with Gasteiger partial charge in [0, 0.05) is 12.1 Å². The molecule has 1 aromatic rings. The largest absolute Gasteiger partial charge is 0.307 e. The van der Waals surface area contributed by atoms with Crippen LogP contribution in [0.1, 0.15) is 56.6 Å². The van der Waals surface area contributed by atoms with Crippen LogP contribution in [0.4, 0.5) is 0 Å². The maximum absolute atomic E-state index is 3.70. The van der Waals surface area contributed by atoms with Crippen LogP contribution in [0.5, 0.6) is 0 Å². The molecule has 0 aromatic heterocycles. The van der Waals surface area contributed by atoms with Crippen LogP contribution in [0.2, 0.25) is 0 Å². The van der Waals surface area contributed by atoms with Gasteiger partial charge in [-0.05, 0) is 62.5 Å². The summed E-state index contributed by atoms with van der Waals surface area (Å²) in [5, 5.41) is 3.70. The molecule has 3 rings (SSSR count). The predicted octanol–water partition coefficient (Wildman–Crippen LogP) is 3.84. The molecule has 1 nitrogen and oxygen atoms in total. The number of nitrogens with one attached hydrogen (secondary N) is 1. The summed E-state index contributed by atoms with van der Waals surface area (Å²) in [4.78, 5) is 0. The molecule has 0 spiro atoms. The first-order valence-corrected chi connectivity index (χ1v) is 6.99. The molecule has 0 radical (unpaired) electrons. The fourth-order valence-electron chi connectivity index (χ4n) is 2.60. The number of benzene rings is 1. The van der Waals surface area contributed by atoms with E-state index in [4.69, 9.17) is 0 Å². The van der Waals surface area contributed by atoms with Gasteiger partial charge in [0.25, 0.3) is 0 Å². The third-order valence-corrected chi connectivity index (χ3v) is 4.37. The first-order valence-electron chi connectivity index (χ1n) is 6.99. The standard InChI is InChI=1S/C16H23N/c1-16(2,15-9-10-15)17-11-12-3-5-13(6-4-12)14-7-8-14/h3-6,14-15,17H,7-11H2,1-2H3. The van der Waals surface area contributed by atoms with E-state index in [-0.39, 0.29) is 0 Å². The summed E-state index contributed by atoms with van der Waals surface area (Å²) in [6, 6.07) is 9.23. The lowest BCUT2D eigenvalue weighted by Crippen LogP contribution is -2.40. The summed E-state index contributed by atoms with van der Waals surface area (Å²) >= 11 is 0. The van der Waals surface area contributed by atoms with Crippen molar-refractivity contribution in [2.24, 2.45) is 5.92 Å². The van der Waals surface area contributed by atoms with E-state index in [1.807, 2.05) is 0 Å². The van der Waals surface area contributed by atoms with Crippen LogP contribution in [0.25, 0.3) is 0 Å². The molecule has 0 amide bonds. The third-order valence-electron chi connectivity index (χ3n) is 4.37. The molecule has 0 saturated heterocycles. The maximum Gasteiger partial charge on any atom is 0.0210 e. The zero-order chi connectivity index (χ0) is 11.9. The van der Waals surface area contributed by atoms with Crippen LogP contribution in [-0.4, -0.2) is 5.54 Å². The molecule has 17 heavy (non-hydrogen) atoms. The normalized spacial score (nSPS) is 20.6. The Labute approximate surface area is 105 Å². The van der Waals surface area contributed by atoms with E-state index in [0.717, 1.165) is 18.4 Å². The van der Waals surface area contributed by atoms with Crippen molar-refractivity contribution in [1.29, 1.82) is 0 Å². The van der Waals surface area contributed by atoms with E-state index >= 15 is 0 Å². The maximum atomic E-state index is 3.70. The average molecular weight is 229 g/mol. The highest BCUT2D eigenvalue weighted by atomic mass is 15.0. The first kappa shape index (κ1) is 11.3. The molecule has 2 aliphatic carbocycles. The molecule has 1 N–H and O–H groups in total. The van der Waals surface area contributed by atoms with Crippen molar-refractivity contribution >= 4 is 0 Å². The molecule has 2 saturated carbocycles. The topological polar surface area (TPSA) is 12.0 Å². The third kappa shape index (κ3) is 2.71. The van der Waals surface area contributed by atoms with Gasteiger partial charge in [0.2, 0.25) is 0 Å². The Bertz CT molecular complexity index is 382. The summed E-state index contributed by atoms with van der Waals surface area (Å²) in [5.74, 6) is 1.77. The minimum absolute atomic E-state index is 0.315. The van der Waals surface area contributed by atoms with Gasteiger partial charge in [-0.3, -0.25) is 0 Å². The van der Waals surface area contributed by atoms with Crippen molar-refractivity contribution in [3.05, 3.63) is 35.4 Å². The lowest BCUT2D eigenvalue weighted by Gasteiger charge is -2.26. The fourth-order valence-corrected chi connectivity index (χ4v) is 2.60. The van der Waals surface area contributed by atoms with Crippen LogP contribution in [0, 0.1) is 5.92 Å². The van der Waals surface area contributed by atoms with Crippen LogP contribution in [-0.2, 0) is 6.54 Å². The molecular formula is C16H23N. The Morgan fingerprint density at radius 1 is 1.06 bits per heavy atom. The second-order valence-corrected chi connectivity index (χ2v) is 6.37. The van der Waals surface area contributed by atoms with Crippen LogP contribution >= 0.6 is 0 Å². The molecule has 92 valence electrons. The van der Waals surface area contributed by atoms with E-state index in [1.165, 1.54) is 36.8 Å². The predicted molar refractivity (Wildman–Crippen MR) is 72.1 cm³/mol. The van der Waals surface area contributed by atoms with Gasteiger partial charge in [0.15, 0.2) is 0 Å². The summed E-state index contributed by atoms with van der Waals surface area (Å²) in [6.07, 6.45) is 5.60. The average Bonchev–Trinajstić information content (AvgIpc) is 3.20. The van der Waals surface area contributed by atoms with Crippen molar-refractivity contribution in [3.63, 3.8) is 0 Å². The summed E-state index contributed by atoms with van der Waals surface area (Å²) in [6.45, 7) is 5.68. The zero-order valence-corrected chi connectivity index (χ0v) is 11.0. The fraction of sp³-hybridized carbons (Fsp3) is 0.625. The monoisotopic (exact) mass is 229 g/mol. The summed E-state index contributed by atoms with van der Waals surface area (Å²) < 4.78 is 0. The van der Waals surface area contributed by atoms with Crippen molar-refractivity contribution < 1.29 is 0 Å². The van der Waals surface area contributed by atoms with Crippen LogP contribution in [0.15, 0.2) is 24.3 Å². The summed E-state index contributed by atoms with van der Waals surface area (Å²) in [5.41, 5.74) is 3.27.